The van der Waals surface area contributed by atoms with E-state index in [0.29, 0.717) is 11.6 Å². The van der Waals surface area contributed by atoms with Gasteiger partial charge in [-0.05, 0) is 35.6 Å². The Morgan fingerprint density at radius 1 is 1.31 bits per heavy atom. The third-order valence-electron chi connectivity index (χ3n) is 5.13. The van der Waals surface area contributed by atoms with Gasteiger partial charge in [0.2, 0.25) is 11.0 Å². The van der Waals surface area contributed by atoms with Crippen LogP contribution in [0.15, 0.2) is 54.0 Å². The van der Waals surface area contributed by atoms with E-state index < -0.39 is 5.41 Å². The monoisotopic (exact) mass is 365 g/mol. The van der Waals surface area contributed by atoms with Crippen LogP contribution in [0.1, 0.15) is 35.1 Å². The maximum Gasteiger partial charge on any atom is 0.233 e. The van der Waals surface area contributed by atoms with Gasteiger partial charge in [-0.1, -0.05) is 59.9 Å². The van der Waals surface area contributed by atoms with E-state index in [1.807, 2.05) is 43.3 Å². The van der Waals surface area contributed by atoms with Crippen molar-refractivity contribution in [3.8, 4) is 0 Å². The SMILES string of the molecule is C[C@]1(C(=O)Nc2nncs2)Cc2ccc(CO)cc2[C@H]1c1ccccc1. The van der Waals surface area contributed by atoms with Gasteiger partial charge >= 0.3 is 0 Å². The molecule has 0 fully saturated rings. The van der Waals surface area contributed by atoms with Gasteiger partial charge in [0.1, 0.15) is 5.51 Å². The number of nitrogens with zero attached hydrogens (tertiary/aromatic N) is 2. The first-order chi connectivity index (χ1) is 12.6. The van der Waals surface area contributed by atoms with E-state index in [4.69, 9.17) is 0 Å². The predicted molar refractivity (Wildman–Crippen MR) is 101 cm³/mol. The highest BCUT2D eigenvalue weighted by atomic mass is 32.1. The molecule has 26 heavy (non-hydrogen) atoms. The number of carbonyl (C=O) groups is 1. The van der Waals surface area contributed by atoms with Crippen molar-refractivity contribution in [2.24, 2.45) is 5.41 Å². The van der Waals surface area contributed by atoms with Crippen molar-refractivity contribution in [2.75, 3.05) is 5.32 Å². The Morgan fingerprint density at radius 3 is 2.81 bits per heavy atom. The standard InChI is InChI=1S/C20H19N3O2S/c1-20(18(25)22-19-23-21-12-26-19)10-15-8-7-13(11-24)9-16(15)17(20)14-5-3-2-4-6-14/h2-9,12,17,24H,10-11H2,1H3,(H,22,23,25)/t17-,20+/m1/s1. The van der Waals surface area contributed by atoms with Crippen molar-refractivity contribution < 1.29 is 9.90 Å². The maximum absolute atomic E-state index is 13.2. The second-order valence-electron chi connectivity index (χ2n) is 6.83. The number of amides is 1. The molecule has 1 aliphatic carbocycles. The van der Waals surface area contributed by atoms with E-state index in [9.17, 15) is 9.90 Å². The van der Waals surface area contributed by atoms with Crippen LogP contribution >= 0.6 is 11.3 Å². The zero-order valence-corrected chi connectivity index (χ0v) is 15.2. The number of carbonyl (C=O) groups excluding carboxylic acids is 1. The first-order valence-electron chi connectivity index (χ1n) is 8.47. The second kappa shape index (κ2) is 6.63. The summed E-state index contributed by atoms with van der Waals surface area (Å²) < 4.78 is 0. The van der Waals surface area contributed by atoms with Crippen LogP contribution in [0, 0.1) is 5.41 Å². The van der Waals surface area contributed by atoms with Crippen LogP contribution in [0.5, 0.6) is 0 Å². The van der Waals surface area contributed by atoms with Gasteiger partial charge < -0.3 is 10.4 Å². The first kappa shape index (κ1) is 16.9. The van der Waals surface area contributed by atoms with Crippen molar-refractivity contribution in [1.82, 2.24) is 10.2 Å². The third kappa shape index (κ3) is 2.81. The normalized spacial score (nSPS) is 21.4. The molecule has 3 aromatic rings. The number of hydrogen-bond acceptors (Lipinski definition) is 5. The van der Waals surface area contributed by atoms with E-state index in [1.165, 1.54) is 11.3 Å². The molecule has 1 amide bonds. The summed E-state index contributed by atoms with van der Waals surface area (Å²) in [4.78, 5) is 13.2. The Hall–Kier alpha value is -2.57. The summed E-state index contributed by atoms with van der Waals surface area (Å²) >= 11 is 1.31. The van der Waals surface area contributed by atoms with Crippen LogP contribution in [0.4, 0.5) is 5.13 Å². The average molecular weight is 365 g/mol. The molecule has 5 nitrogen and oxygen atoms in total. The molecule has 4 rings (SSSR count). The average Bonchev–Trinajstić information content (AvgIpc) is 3.27. The highest BCUT2D eigenvalue weighted by Gasteiger charge is 2.48. The van der Waals surface area contributed by atoms with Crippen molar-refractivity contribution >= 4 is 22.4 Å². The molecule has 0 saturated heterocycles. The van der Waals surface area contributed by atoms with Gasteiger partial charge in [-0.2, -0.15) is 0 Å². The molecule has 0 saturated carbocycles. The molecule has 2 atom stereocenters. The summed E-state index contributed by atoms with van der Waals surface area (Å²) in [6, 6.07) is 16.1. The molecule has 2 N–H and O–H groups in total. The van der Waals surface area contributed by atoms with E-state index in [-0.39, 0.29) is 18.4 Å². The van der Waals surface area contributed by atoms with Crippen LogP contribution in [0.2, 0.25) is 0 Å². The summed E-state index contributed by atoms with van der Waals surface area (Å²) in [5, 5.41) is 20.7. The number of hydrogen-bond donors (Lipinski definition) is 2. The van der Waals surface area contributed by atoms with Crippen molar-refractivity contribution in [2.45, 2.75) is 25.9 Å². The summed E-state index contributed by atoms with van der Waals surface area (Å²) in [5.74, 6) is -0.150. The molecule has 0 spiro atoms. The van der Waals surface area contributed by atoms with Crippen molar-refractivity contribution in [3.63, 3.8) is 0 Å². The molecule has 1 heterocycles. The van der Waals surface area contributed by atoms with Crippen LogP contribution in [0.3, 0.4) is 0 Å². The Labute approximate surface area is 155 Å². The molecule has 0 bridgehead atoms. The zero-order valence-electron chi connectivity index (χ0n) is 14.3. The third-order valence-corrected chi connectivity index (χ3v) is 5.74. The fourth-order valence-electron chi connectivity index (χ4n) is 3.89. The highest BCUT2D eigenvalue weighted by Crippen LogP contribution is 2.51. The minimum Gasteiger partial charge on any atom is -0.392 e. The second-order valence-corrected chi connectivity index (χ2v) is 7.66. The Balaban J connectivity index is 1.79. The van der Waals surface area contributed by atoms with Crippen LogP contribution in [0.25, 0.3) is 0 Å². The quantitative estimate of drug-likeness (QED) is 0.743. The lowest BCUT2D eigenvalue weighted by molar-refractivity contribution is -0.125. The Morgan fingerprint density at radius 2 is 2.12 bits per heavy atom. The molecular weight excluding hydrogens is 346 g/mol. The Bertz CT molecular complexity index is 927. The van der Waals surface area contributed by atoms with Gasteiger partial charge in [0.25, 0.3) is 0 Å². The van der Waals surface area contributed by atoms with Gasteiger partial charge in [-0.25, -0.2) is 0 Å². The zero-order chi connectivity index (χ0) is 18.1. The summed E-state index contributed by atoms with van der Waals surface area (Å²) in [7, 11) is 0. The summed E-state index contributed by atoms with van der Waals surface area (Å²) in [6.07, 6.45) is 0.637. The topological polar surface area (TPSA) is 75.1 Å². The number of nitrogens with one attached hydrogen (secondary N) is 1. The molecule has 132 valence electrons. The van der Waals surface area contributed by atoms with E-state index >= 15 is 0 Å². The maximum atomic E-state index is 13.2. The van der Waals surface area contributed by atoms with Crippen LogP contribution < -0.4 is 5.32 Å². The van der Waals surface area contributed by atoms with Gasteiger partial charge in [-0.3, -0.25) is 4.79 Å². The predicted octanol–water partition coefficient (Wildman–Crippen LogP) is 3.36. The van der Waals surface area contributed by atoms with Crippen LogP contribution in [-0.4, -0.2) is 21.2 Å². The lowest BCUT2D eigenvalue weighted by Gasteiger charge is -2.31. The molecule has 1 aliphatic rings. The van der Waals surface area contributed by atoms with Gasteiger partial charge in [0.15, 0.2) is 0 Å². The molecular formula is C20H19N3O2S. The van der Waals surface area contributed by atoms with Crippen molar-refractivity contribution in [1.29, 1.82) is 0 Å². The van der Waals surface area contributed by atoms with E-state index in [1.54, 1.807) is 5.51 Å². The number of fused-ring (bicyclic) bond motifs is 1. The Kier molecular flexibility index (Phi) is 4.30. The lowest BCUT2D eigenvalue weighted by Crippen LogP contribution is -2.37. The summed E-state index contributed by atoms with van der Waals surface area (Å²) in [5.41, 5.74) is 5.16. The molecule has 0 unspecified atom stereocenters. The number of aliphatic hydroxyl groups is 1. The number of aromatic nitrogens is 2. The lowest BCUT2D eigenvalue weighted by atomic mass is 9.73. The highest BCUT2D eigenvalue weighted by molar-refractivity contribution is 7.13. The van der Waals surface area contributed by atoms with Gasteiger partial charge in [0.05, 0.1) is 12.0 Å². The number of anilines is 1. The van der Waals surface area contributed by atoms with Gasteiger partial charge in [0, 0.05) is 5.92 Å². The first-order valence-corrected chi connectivity index (χ1v) is 9.35. The minimum absolute atomic E-state index is 0.0114. The van der Waals surface area contributed by atoms with Gasteiger partial charge in [-0.15, -0.1) is 10.2 Å². The molecule has 6 heteroatoms. The smallest absolute Gasteiger partial charge is 0.233 e. The largest absolute Gasteiger partial charge is 0.392 e. The summed E-state index contributed by atoms with van der Waals surface area (Å²) in [6.45, 7) is 1.99. The molecule has 2 aromatic carbocycles. The minimum atomic E-state index is -0.649. The van der Waals surface area contributed by atoms with Crippen LogP contribution in [-0.2, 0) is 17.8 Å². The fraction of sp³-hybridized carbons (Fsp3) is 0.250. The molecule has 0 radical (unpaired) electrons. The van der Waals surface area contributed by atoms with E-state index in [0.717, 1.165) is 22.3 Å². The molecule has 1 aromatic heterocycles. The number of rotatable bonds is 4. The van der Waals surface area contributed by atoms with E-state index in [2.05, 4.69) is 27.6 Å². The van der Waals surface area contributed by atoms with Crippen molar-refractivity contribution in [3.05, 3.63) is 76.3 Å². The number of benzene rings is 2. The number of aliphatic hydroxyl groups excluding tert-OH is 1. The molecule has 0 aliphatic heterocycles. The fourth-order valence-corrected chi connectivity index (χ4v) is 4.33.